The van der Waals surface area contributed by atoms with Crippen LogP contribution in [0.1, 0.15) is 24.2 Å². The van der Waals surface area contributed by atoms with Crippen molar-refractivity contribution in [2.45, 2.75) is 25.7 Å². The van der Waals surface area contributed by atoms with Gasteiger partial charge in [-0.2, -0.15) is 0 Å². The molecule has 1 aliphatic heterocycles. The maximum Gasteiger partial charge on any atom is 0.496 e. The Kier molecular flexibility index (Phi) is 5.87. The van der Waals surface area contributed by atoms with E-state index >= 15 is 0 Å². The minimum Gasteiger partial charge on any atom is -0.489 e. The maximum atomic E-state index is 10.8. The summed E-state index contributed by atoms with van der Waals surface area (Å²) in [5.74, 6) is 0.455. The Bertz CT molecular complexity index is 757. The smallest absolute Gasteiger partial charge is 0.489 e. The van der Waals surface area contributed by atoms with E-state index in [-0.39, 0.29) is 6.10 Å². The summed E-state index contributed by atoms with van der Waals surface area (Å²) in [7, 11) is -1.23. The van der Waals surface area contributed by atoms with E-state index in [2.05, 4.69) is 0 Å². The van der Waals surface area contributed by atoms with Crippen LogP contribution in [0.25, 0.3) is 0 Å². The zero-order valence-electron chi connectivity index (χ0n) is 14.4. The molecule has 1 aliphatic rings. The van der Waals surface area contributed by atoms with Crippen molar-refractivity contribution in [1.29, 1.82) is 0 Å². The third-order valence-electron chi connectivity index (χ3n) is 4.09. The number of nitro groups is 1. The fraction of sp³-hybridized carbons (Fsp3) is 0.333. The Morgan fingerprint density at radius 1 is 1.27 bits per heavy atom. The number of hydrogen-bond donors (Lipinski definition) is 1. The molecule has 2 atom stereocenters. The zero-order chi connectivity index (χ0) is 18.5. The van der Waals surface area contributed by atoms with Crippen LogP contribution < -0.4 is 10.2 Å². The molecule has 0 amide bonds. The molecule has 0 fully saturated rings. The van der Waals surface area contributed by atoms with Crippen molar-refractivity contribution in [2.75, 3.05) is 13.2 Å². The van der Waals surface area contributed by atoms with Crippen LogP contribution in [0.5, 0.6) is 5.75 Å². The molecule has 1 N–H and O–H groups in total. The van der Waals surface area contributed by atoms with Gasteiger partial charge in [0.1, 0.15) is 18.0 Å². The van der Waals surface area contributed by atoms with Crippen LogP contribution >= 0.6 is 0 Å². The molecule has 0 radical (unpaired) electrons. The predicted molar refractivity (Wildman–Crippen MR) is 95.9 cm³/mol. The van der Waals surface area contributed by atoms with E-state index in [4.69, 9.17) is 14.1 Å². The molecular formula is C18H20BNO6. The molecule has 2 unspecified atom stereocenters. The Morgan fingerprint density at radius 2 is 2.04 bits per heavy atom. The lowest BCUT2D eigenvalue weighted by atomic mass is 9.78. The van der Waals surface area contributed by atoms with E-state index in [9.17, 15) is 15.1 Å². The normalized spacial score (nSPS) is 17.0. The summed E-state index contributed by atoms with van der Waals surface area (Å²) in [4.78, 5) is 10.3. The van der Waals surface area contributed by atoms with Gasteiger partial charge in [-0.15, -0.1) is 0 Å². The standard InChI is InChI=1S/C18H20BNO6/c1-13(11-24-12-14-6-3-2-4-7-14)25-16-9-5-8-15-17(10-20(22)23)26-19(21)18(15)16/h2-9,13,17,21H,10-12H2,1H3. The molecule has 0 aliphatic carbocycles. The van der Waals surface area contributed by atoms with Crippen molar-refractivity contribution in [3.8, 4) is 5.75 Å². The first-order valence-electron chi connectivity index (χ1n) is 8.41. The van der Waals surface area contributed by atoms with Crippen molar-refractivity contribution in [3.05, 3.63) is 69.8 Å². The van der Waals surface area contributed by atoms with Crippen LogP contribution in [0.4, 0.5) is 0 Å². The highest BCUT2D eigenvalue weighted by Crippen LogP contribution is 2.28. The SMILES string of the molecule is CC(COCc1ccccc1)Oc1cccc2c1B(O)OC2C[N+](=O)[O-]. The van der Waals surface area contributed by atoms with Crippen LogP contribution in [0.2, 0.25) is 0 Å². The van der Waals surface area contributed by atoms with Gasteiger partial charge in [0.2, 0.25) is 6.54 Å². The molecular weight excluding hydrogens is 337 g/mol. The van der Waals surface area contributed by atoms with Crippen molar-refractivity contribution in [1.82, 2.24) is 0 Å². The van der Waals surface area contributed by atoms with Crippen LogP contribution in [0, 0.1) is 10.1 Å². The number of benzene rings is 2. The molecule has 0 saturated heterocycles. The number of fused-ring (bicyclic) bond motifs is 1. The van der Waals surface area contributed by atoms with Crippen molar-refractivity contribution in [2.24, 2.45) is 0 Å². The highest BCUT2D eigenvalue weighted by Gasteiger charge is 2.40. The molecule has 2 aromatic rings. The number of nitrogens with zero attached hydrogens (tertiary/aromatic N) is 1. The van der Waals surface area contributed by atoms with Gasteiger partial charge in [0.05, 0.1) is 13.2 Å². The van der Waals surface area contributed by atoms with Gasteiger partial charge in [-0.3, -0.25) is 10.1 Å². The fourth-order valence-electron chi connectivity index (χ4n) is 2.95. The number of hydrogen-bond acceptors (Lipinski definition) is 6. The second kappa shape index (κ2) is 8.31. The van der Waals surface area contributed by atoms with Crippen molar-refractivity contribution < 1.29 is 24.1 Å². The van der Waals surface area contributed by atoms with Gasteiger partial charge in [0.15, 0.2) is 0 Å². The predicted octanol–water partition coefficient (Wildman–Crippen LogP) is 1.71. The van der Waals surface area contributed by atoms with Gasteiger partial charge in [0, 0.05) is 10.4 Å². The van der Waals surface area contributed by atoms with Gasteiger partial charge in [-0.1, -0.05) is 42.5 Å². The van der Waals surface area contributed by atoms with Crippen molar-refractivity contribution in [3.63, 3.8) is 0 Å². The van der Waals surface area contributed by atoms with Gasteiger partial charge in [-0.05, 0) is 24.1 Å². The summed E-state index contributed by atoms with van der Waals surface area (Å²) < 4.78 is 16.9. The summed E-state index contributed by atoms with van der Waals surface area (Å²) in [6, 6.07) is 15.0. The van der Waals surface area contributed by atoms with Gasteiger partial charge in [0.25, 0.3) is 0 Å². The van der Waals surface area contributed by atoms with E-state index in [0.717, 1.165) is 5.56 Å². The lowest BCUT2D eigenvalue weighted by molar-refractivity contribution is -0.490. The topological polar surface area (TPSA) is 91.1 Å². The fourth-order valence-corrected chi connectivity index (χ4v) is 2.95. The minimum atomic E-state index is -1.23. The average molecular weight is 357 g/mol. The summed E-state index contributed by atoms with van der Waals surface area (Å²) in [6.07, 6.45) is -1.03. The highest BCUT2D eigenvalue weighted by atomic mass is 16.6. The Morgan fingerprint density at radius 3 is 2.77 bits per heavy atom. The molecule has 7 nitrogen and oxygen atoms in total. The molecule has 26 heavy (non-hydrogen) atoms. The van der Waals surface area contributed by atoms with Crippen molar-refractivity contribution >= 4 is 12.6 Å². The third kappa shape index (κ3) is 4.40. The number of rotatable bonds is 8. The van der Waals surface area contributed by atoms with E-state index in [1.165, 1.54) is 0 Å². The molecule has 0 spiro atoms. The molecule has 8 heteroatoms. The first-order valence-corrected chi connectivity index (χ1v) is 8.41. The van der Waals surface area contributed by atoms with E-state index in [1.807, 2.05) is 37.3 Å². The van der Waals surface area contributed by atoms with E-state index in [0.29, 0.717) is 30.0 Å². The first-order chi connectivity index (χ1) is 12.5. The molecule has 0 bridgehead atoms. The lowest BCUT2D eigenvalue weighted by Gasteiger charge is -2.17. The monoisotopic (exact) mass is 357 g/mol. The van der Waals surface area contributed by atoms with Gasteiger partial charge >= 0.3 is 7.12 Å². The number of ether oxygens (including phenoxy) is 2. The van der Waals surface area contributed by atoms with Crippen LogP contribution in [-0.2, 0) is 16.0 Å². The average Bonchev–Trinajstić information content (AvgIpc) is 2.92. The second-order valence-electron chi connectivity index (χ2n) is 6.18. The summed E-state index contributed by atoms with van der Waals surface area (Å²) in [6.45, 7) is 2.32. The van der Waals surface area contributed by atoms with Crippen LogP contribution in [-0.4, -0.2) is 36.3 Å². The quantitative estimate of drug-likeness (QED) is 0.439. The molecule has 0 aromatic heterocycles. The summed E-state index contributed by atoms with van der Waals surface area (Å²) in [5, 5.41) is 20.9. The second-order valence-corrected chi connectivity index (χ2v) is 6.18. The Labute approximate surface area is 151 Å². The Hall–Kier alpha value is -2.42. The molecule has 3 rings (SSSR count). The molecule has 0 saturated carbocycles. The van der Waals surface area contributed by atoms with Gasteiger partial charge < -0.3 is 19.2 Å². The van der Waals surface area contributed by atoms with E-state index < -0.39 is 24.7 Å². The molecule has 136 valence electrons. The molecule has 1 heterocycles. The zero-order valence-corrected chi connectivity index (χ0v) is 14.4. The largest absolute Gasteiger partial charge is 0.496 e. The van der Waals surface area contributed by atoms with Crippen LogP contribution in [0.15, 0.2) is 48.5 Å². The Balaban J connectivity index is 1.61. The highest BCUT2D eigenvalue weighted by molar-refractivity contribution is 6.62. The summed E-state index contributed by atoms with van der Waals surface area (Å²) in [5.41, 5.74) is 2.12. The third-order valence-corrected chi connectivity index (χ3v) is 4.09. The minimum absolute atomic E-state index is 0.257. The van der Waals surface area contributed by atoms with E-state index in [1.54, 1.807) is 18.2 Å². The lowest BCUT2D eigenvalue weighted by Crippen LogP contribution is -2.32. The first kappa shape index (κ1) is 18.4. The maximum absolute atomic E-state index is 10.8. The van der Waals surface area contributed by atoms with Gasteiger partial charge in [-0.25, -0.2) is 0 Å². The summed E-state index contributed by atoms with van der Waals surface area (Å²) >= 11 is 0. The van der Waals surface area contributed by atoms with Crippen LogP contribution in [0.3, 0.4) is 0 Å². The molecule has 2 aromatic carbocycles.